The van der Waals surface area contributed by atoms with E-state index in [1.54, 1.807) is 7.11 Å². The highest BCUT2D eigenvalue weighted by Crippen LogP contribution is 2.29. The predicted molar refractivity (Wildman–Crippen MR) is 107 cm³/mol. The van der Waals surface area contributed by atoms with Crippen LogP contribution in [0.25, 0.3) is 22.3 Å². The molecule has 0 bridgehead atoms. The van der Waals surface area contributed by atoms with Gasteiger partial charge in [0.25, 0.3) is 0 Å². The van der Waals surface area contributed by atoms with Gasteiger partial charge in [0, 0.05) is 12.0 Å². The van der Waals surface area contributed by atoms with E-state index in [-0.39, 0.29) is 5.95 Å². The van der Waals surface area contributed by atoms with Crippen molar-refractivity contribution >= 4 is 22.7 Å². The highest BCUT2D eigenvalue weighted by Gasteiger charge is 2.12. The molecule has 0 aliphatic heterocycles. The molecule has 0 saturated heterocycles. The Hall–Kier alpha value is -3.67. The molecule has 2 aromatic carbocycles. The Morgan fingerprint density at radius 3 is 2.48 bits per heavy atom. The second-order valence-corrected chi connectivity index (χ2v) is 6.21. The van der Waals surface area contributed by atoms with Gasteiger partial charge in [-0.15, -0.1) is 0 Å². The molecule has 4 aromatic rings. The number of hydrogen-bond acceptors (Lipinski definition) is 6. The zero-order chi connectivity index (χ0) is 18.8. The van der Waals surface area contributed by atoms with Gasteiger partial charge in [-0.25, -0.2) is 15.0 Å². The average molecular weight is 357 g/mol. The first kappa shape index (κ1) is 16.8. The maximum atomic E-state index is 5.92. The molecule has 27 heavy (non-hydrogen) atoms. The zero-order valence-electron chi connectivity index (χ0n) is 14.9. The van der Waals surface area contributed by atoms with Crippen LogP contribution in [0.1, 0.15) is 11.3 Å². The van der Waals surface area contributed by atoms with Crippen molar-refractivity contribution in [3.8, 4) is 17.0 Å². The molecule has 0 amide bonds. The van der Waals surface area contributed by atoms with E-state index in [1.807, 2.05) is 48.5 Å². The lowest BCUT2D eigenvalue weighted by Gasteiger charge is -2.10. The molecule has 0 saturated carbocycles. The highest BCUT2D eigenvalue weighted by molar-refractivity contribution is 5.81. The lowest BCUT2D eigenvalue weighted by atomic mass is 10.1. The van der Waals surface area contributed by atoms with Gasteiger partial charge in [0.2, 0.25) is 5.95 Å². The minimum absolute atomic E-state index is 0.247. The van der Waals surface area contributed by atoms with Gasteiger partial charge in [0.1, 0.15) is 11.3 Å². The summed E-state index contributed by atoms with van der Waals surface area (Å²) in [6, 6.07) is 19.5. The summed E-state index contributed by atoms with van der Waals surface area (Å²) in [4.78, 5) is 13.6. The molecular formula is C21H19N5O. The number of fused-ring (bicyclic) bond motifs is 1. The van der Waals surface area contributed by atoms with Crippen LogP contribution in [0.2, 0.25) is 0 Å². The van der Waals surface area contributed by atoms with Crippen LogP contribution in [0.5, 0.6) is 5.75 Å². The second kappa shape index (κ2) is 6.92. The van der Waals surface area contributed by atoms with Gasteiger partial charge >= 0.3 is 0 Å². The minimum Gasteiger partial charge on any atom is -0.495 e. The standard InChI is InChI=1S/C21H19N5O/c1-27-19-12-14(7-8-15(19)22)16-9-10-17-20(24-16)18(26-21(23)25-17)11-13-5-3-2-4-6-13/h2-10,12H,11,22H2,1H3,(H2,23,25,26). The van der Waals surface area contributed by atoms with E-state index in [0.29, 0.717) is 17.9 Å². The number of pyridine rings is 1. The zero-order valence-corrected chi connectivity index (χ0v) is 14.9. The van der Waals surface area contributed by atoms with E-state index in [0.717, 1.165) is 33.5 Å². The third kappa shape index (κ3) is 3.37. The van der Waals surface area contributed by atoms with Crippen molar-refractivity contribution < 1.29 is 4.74 Å². The predicted octanol–water partition coefficient (Wildman–Crippen LogP) is 3.46. The molecule has 2 aromatic heterocycles. The van der Waals surface area contributed by atoms with Crippen LogP contribution >= 0.6 is 0 Å². The van der Waals surface area contributed by atoms with Gasteiger partial charge in [-0.1, -0.05) is 36.4 Å². The van der Waals surface area contributed by atoms with Gasteiger partial charge in [-0.05, 0) is 29.8 Å². The minimum atomic E-state index is 0.247. The quantitative estimate of drug-likeness (QED) is 0.543. The largest absolute Gasteiger partial charge is 0.495 e. The molecule has 0 aliphatic rings. The first-order valence-corrected chi connectivity index (χ1v) is 8.55. The van der Waals surface area contributed by atoms with E-state index < -0.39 is 0 Å². The molecule has 0 spiro atoms. The van der Waals surface area contributed by atoms with Crippen molar-refractivity contribution in [1.29, 1.82) is 0 Å². The number of anilines is 2. The second-order valence-electron chi connectivity index (χ2n) is 6.21. The maximum Gasteiger partial charge on any atom is 0.220 e. The smallest absolute Gasteiger partial charge is 0.220 e. The molecule has 2 heterocycles. The number of aromatic nitrogens is 3. The van der Waals surface area contributed by atoms with E-state index in [4.69, 9.17) is 21.2 Å². The summed E-state index contributed by atoms with van der Waals surface area (Å²) in [6.45, 7) is 0. The number of nitrogens with two attached hydrogens (primary N) is 2. The summed E-state index contributed by atoms with van der Waals surface area (Å²) in [5.41, 5.74) is 17.5. The van der Waals surface area contributed by atoms with E-state index in [9.17, 15) is 0 Å². The highest BCUT2D eigenvalue weighted by atomic mass is 16.5. The van der Waals surface area contributed by atoms with Crippen molar-refractivity contribution in [2.75, 3.05) is 18.6 Å². The molecule has 0 aliphatic carbocycles. The SMILES string of the molecule is COc1cc(-c2ccc3nc(N)nc(Cc4ccccc4)c3n2)ccc1N. The average Bonchev–Trinajstić information content (AvgIpc) is 2.69. The Labute approximate surface area is 156 Å². The van der Waals surface area contributed by atoms with Crippen LogP contribution in [0.4, 0.5) is 11.6 Å². The fraction of sp³-hybridized carbons (Fsp3) is 0.0952. The van der Waals surface area contributed by atoms with Gasteiger partial charge in [-0.3, -0.25) is 0 Å². The Morgan fingerprint density at radius 2 is 1.70 bits per heavy atom. The Bertz CT molecular complexity index is 1110. The third-order valence-corrected chi connectivity index (χ3v) is 4.38. The molecule has 0 unspecified atom stereocenters. The van der Waals surface area contributed by atoms with Gasteiger partial charge in [0.05, 0.1) is 29.7 Å². The van der Waals surface area contributed by atoms with Gasteiger partial charge < -0.3 is 16.2 Å². The number of rotatable bonds is 4. The van der Waals surface area contributed by atoms with Crippen molar-refractivity contribution in [2.24, 2.45) is 0 Å². The number of nitrogens with zero attached hydrogens (tertiary/aromatic N) is 3. The summed E-state index contributed by atoms with van der Waals surface area (Å²) in [7, 11) is 1.60. The molecular weight excluding hydrogens is 338 g/mol. The maximum absolute atomic E-state index is 5.92. The summed E-state index contributed by atoms with van der Waals surface area (Å²) < 4.78 is 5.32. The van der Waals surface area contributed by atoms with Crippen LogP contribution in [-0.4, -0.2) is 22.1 Å². The monoisotopic (exact) mass is 357 g/mol. The number of benzene rings is 2. The van der Waals surface area contributed by atoms with E-state index in [1.165, 1.54) is 0 Å². The van der Waals surface area contributed by atoms with Gasteiger partial charge in [0.15, 0.2) is 0 Å². The lowest BCUT2D eigenvalue weighted by molar-refractivity contribution is 0.417. The van der Waals surface area contributed by atoms with E-state index in [2.05, 4.69) is 22.1 Å². The number of nitrogen functional groups attached to an aromatic ring is 2. The fourth-order valence-corrected chi connectivity index (χ4v) is 3.04. The third-order valence-electron chi connectivity index (χ3n) is 4.38. The van der Waals surface area contributed by atoms with Crippen molar-refractivity contribution in [3.63, 3.8) is 0 Å². The molecule has 0 fully saturated rings. The van der Waals surface area contributed by atoms with Gasteiger partial charge in [-0.2, -0.15) is 0 Å². The molecule has 4 rings (SSSR count). The molecule has 134 valence electrons. The summed E-state index contributed by atoms with van der Waals surface area (Å²) in [5.74, 6) is 0.865. The summed E-state index contributed by atoms with van der Waals surface area (Å²) >= 11 is 0. The Kier molecular flexibility index (Phi) is 4.30. The first-order chi connectivity index (χ1) is 13.1. The fourth-order valence-electron chi connectivity index (χ4n) is 3.04. The van der Waals surface area contributed by atoms with Crippen LogP contribution in [0.3, 0.4) is 0 Å². The first-order valence-electron chi connectivity index (χ1n) is 8.55. The Balaban J connectivity index is 1.83. The van der Waals surface area contributed by atoms with Crippen molar-refractivity contribution in [2.45, 2.75) is 6.42 Å². The molecule has 6 heteroatoms. The number of methoxy groups -OCH3 is 1. The normalized spacial score (nSPS) is 10.9. The number of ether oxygens (including phenoxy) is 1. The molecule has 0 atom stereocenters. The topological polar surface area (TPSA) is 99.9 Å². The van der Waals surface area contributed by atoms with Crippen LogP contribution < -0.4 is 16.2 Å². The Morgan fingerprint density at radius 1 is 0.889 bits per heavy atom. The van der Waals surface area contributed by atoms with Crippen LogP contribution in [0.15, 0.2) is 60.7 Å². The number of hydrogen-bond donors (Lipinski definition) is 2. The lowest BCUT2D eigenvalue weighted by Crippen LogP contribution is -2.03. The molecule has 6 nitrogen and oxygen atoms in total. The van der Waals surface area contributed by atoms with Crippen LogP contribution in [0, 0.1) is 0 Å². The summed E-state index contributed by atoms with van der Waals surface area (Å²) in [6.07, 6.45) is 0.631. The molecule has 4 N–H and O–H groups in total. The molecule has 0 radical (unpaired) electrons. The van der Waals surface area contributed by atoms with Crippen molar-refractivity contribution in [1.82, 2.24) is 15.0 Å². The van der Waals surface area contributed by atoms with Crippen molar-refractivity contribution in [3.05, 3.63) is 71.9 Å². The van der Waals surface area contributed by atoms with Crippen LogP contribution in [-0.2, 0) is 6.42 Å². The van der Waals surface area contributed by atoms with E-state index >= 15 is 0 Å². The summed E-state index contributed by atoms with van der Waals surface area (Å²) in [5, 5.41) is 0.